The van der Waals surface area contributed by atoms with E-state index in [0.29, 0.717) is 34.6 Å². The number of Topliss-reactive ketones (excluding diaryl/α,β-unsaturated/α-hetero) is 1. The van der Waals surface area contributed by atoms with Crippen molar-refractivity contribution in [3.8, 4) is 17.6 Å². The number of thioether (sulfide) groups is 1. The first-order valence-electron chi connectivity index (χ1n) is 11.8. The number of allylic oxidation sites excluding steroid dienone is 3. The lowest BCUT2D eigenvalue weighted by Crippen LogP contribution is -2.31. The van der Waals surface area contributed by atoms with Crippen LogP contribution < -0.4 is 15.4 Å². The molecule has 0 spiro atoms. The van der Waals surface area contributed by atoms with Crippen molar-refractivity contribution in [3.05, 3.63) is 74.5 Å². The van der Waals surface area contributed by atoms with Gasteiger partial charge in [0.1, 0.15) is 0 Å². The standard InChI is InChI=1S/C28H29N3O4S/c1-15-10-16(2)27(17(3)11-15)31-24(34)14-36-28-19(13-29)25(18-8-9-21(32)23(12-18)35-4)26-20(30-28)6-5-7-22(26)33/h8-12,25,30,32H,5-7,14H2,1-4H3,(H,31,34)/t25-/m1/s1. The molecule has 2 aromatic rings. The Labute approximate surface area is 215 Å². The van der Waals surface area contributed by atoms with E-state index in [1.54, 1.807) is 12.1 Å². The molecule has 8 heteroatoms. The number of ether oxygens (including phenoxy) is 1. The van der Waals surface area contributed by atoms with Crippen molar-refractivity contribution in [2.24, 2.45) is 0 Å². The average molecular weight is 504 g/mol. The number of ketones is 1. The van der Waals surface area contributed by atoms with Gasteiger partial charge in [-0.1, -0.05) is 35.5 Å². The highest BCUT2D eigenvalue weighted by Crippen LogP contribution is 2.45. The zero-order valence-corrected chi connectivity index (χ0v) is 21.6. The van der Waals surface area contributed by atoms with E-state index in [4.69, 9.17) is 4.74 Å². The number of methoxy groups -OCH3 is 1. The fourth-order valence-electron chi connectivity index (χ4n) is 4.93. The summed E-state index contributed by atoms with van der Waals surface area (Å²) in [6.45, 7) is 5.95. The van der Waals surface area contributed by atoms with Gasteiger partial charge >= 0.3 is 0 Å². The summed E-state index contributed by atoms with van der Waals surface area (Å²) < 4.78 is 5.27. The van der Waals surface area contributed by atoms with Gasteiger partial charge in [-0.3, -0.25) is 9.59 Å². The molecule has 1 atom stereocenters. The Hall–Kier alpha value is -3.70. The Morgan fingerprint density at radius 1 is 1.22 bits per heavy atom. The van der Waals surface area contributed by atoms with E-state index in [0.717, 1.165) is 34.5 Å². The molecular weight excluding hydrogens is 474 g/mol. The van der Waals surface area contributed by atoms with Crippen LogP contribution in [0, 0.1) is 32.1 Å². The third-order valence-electron chi connectivity index (χ3n) is 6.49. The number of rotatable bonds is 6. The zero-order chi connectivity index (χ0) is 26.0. The monoisotopic (exact) mass is 503 g/mol. The summed E-state index contributed by atoms with van der Waals surface area (Å²) >= 11 is 1.25. The second-order valence-corrected chi connectivity index (χ2v) is 10.1. The van der Waals surface area contributed by atoms with E-state index in [-0.39, 0.29) is 28.9 Å². The number of aryl methyl sites for hydroxylation is 3. The van der Waals surface area contributed by atoms with Gasteiger partial charge in [0.2, 0.25) is 5.91 Å². The summed E-state index contributed by atoms with van der Waals surface area (Å²) in [6, 6.07) is 11.2. The second-order valence-electron chi connectivity index (χ2n) is 9.12. The van der Waals surface area contributed by atoms with Gasteiger partial charge in [-0.25, -0.2) is 0 Å². The van der Waals surface area contributed by atoms with Crippen molar-refractivity contribution >= 4 is 29.1 Å². The zero-order valence-electron chi connectivity index (χ0n) is 20.8. The molecule has 0 bridgehead atoms. The molecule has 1 amide bonds. The van der Waals surface area contributed by atoms with Crippen molar-refractivity contribution in [3.63, 3.8) is 0 Å². The fraction of sp³-hybridized carbons (Fsp3) is 0.321. The second kappa shape index (κ2) is 10.5. The smallest absolute Gasteiger partial charge is 0.234 e. The Morgan fingerprint density at radius 3 is 2.61 bits per heavy atom. The molecule has 1 aliphatic heterocycles. The summed E-state index contributed by atoms with van der Waals surface area (Å²) in [5.41, 5.74) is 6.34. The highest BCUT2D eigenvalue weighted by molar-refractivity contribution is 8.03. The number of nitrogens with one attached hydrogen (secondary N) is 2. The third-order valence-corrected chi connectivity index (χ3v) is 7.51. The van der Waals surface area contributed by atoms with Crippen LogP contribution in [-0.4, -0.2) is 29.7 Å². The maximum atomic E-state index is 13.0. The lowest BCUT2D eigenvalue weighted by atomic mass is 9.77. The number of phenolic OH excluding ortho intramolecular Hbond substituents is 1. The first-order valence-corrected chi connectivity index (χ1v) is 12.8. The van der Waals surface area contributed by atoms with Crippen LogP contribution in [0.4, 0.5) is 5.69 Å². The fourth-order valence-corrected chi connectivity index (χ4v) is 5.80. The summed E-state index contributed by atoms with van der Waals surface area (Å²) in [4.78, 5) is 25.8. The molecule has 0 aromatic heterocycles. The molecule has 7 nitrogen and oxygen atoms in total. The van der Waals surface area contributed by atoms with E-state index in [9.17, 15) is 20.0 Å². The number of hydrogen-bond acceptors (Lipinski definition) is 7. The van der Waals surface area contributed by atoms with Crippen LogP contribution in [0.2, 0.25) is 0 Å². The predicted octanol–water partition coefficient (Wildman–Crippen LogP) is 5.13. The Balaban J connectivity index is 1.65. The van der Waals surface area contributed by atoms with Crippen molar-refractivity contribution in [1.82, 2.24) is 5.32 Å². The van der Waals surface area contributed by atoms with Crippen LogP contribution in [0.15, 0.2) is 52.2 Å². The maximum absolute atomic E-state index is 13.0. The van der Waals surface area contributed by atoms with Crippen LogP contribution >= 0.6 is 11.8 Å². The molecule has 1 aliphatic carbocycles. The van der Waals surface area contributed by atoms with Gasteiger partial charge in [0.15, 0.2) is 17.3 Å². The summed E-state index contributed by atoms with van der Waals surface area (Å²) in [5, 5.41) is 27.1. The maximum Gasteiger partial charge on any atom is 0.234 e. The quantitative estimate of drug-likeness (QED) is 0.501. The summed E-state index contributed by atoms with van der Waals surface area (Å²) in [5.74, 6) is -0.422. The van der Waals surface area contributed by atoms with Gasteiger partial charge in [-0.15, -0.1) is 0 Å². The number of aromatic hydroxyl groups is 1. The molecule has 1 heterocycles. The predicted molar refractivity (Wildman–Crippen MR) is 141 cm³/mol. The number of anilines is 1. The molecule has 0 saturated heterocycles. The van der Waals surface area contributed by atoms with Crippen molar-refractivity contribution in [2.45, 2.75) is 46.0 Å². The molecule has 2 aromatic carbocycles. The molecule has 186 valence electrons. The number of hydrogen-bond donors (Lipinski definition) is 3. The SMILES string of the molecule is COc1cc([C@@H]2C(C#N)=C(SCC(=O)Nc3c(C)cc(C)cc3C)NC3=C2C(=O)CCC3)ccc1O. The molecule has 0 saturated carbocycles. The number of phenols is 1. The molecule has 0 unspecified atom stereocenters. The van der Waals surface area contributed by atoms with Gasteiger partial charge in [-0.05, 0) is 62.4 Å². The largest absolute Gasteiger partial charge is 0.504 e. The number of dihydropyridines is 1. The van der Waals surface area contributed by atoms with Gasteiger partial charge in [0.25, 0.3) is 0 Å². The van der Waals surface area contributed by atoms with Crippen LogP contribution in [-0.2, 0) is 9.59 Å². The third kappa shape index (κ3) is 4.98. The molecule has 0 radical (unpaired) electrons. The van der Waals surface area contributed by atoms with E-state index >= 15 is 0 Å². The minimum absolute atomic E-state index is 0.000608. The highest BCUT2D eigenvalue weighted by atomic mass is 32.2. The Kier molecular flexibility index (Phi) is 7.41. The van der Waals surface area contributed by atoms with Crippen LogP contribution in [0.5, 0.6) is 11.5 Å². The number of nitrogens with zero attached hydrogens (tertiary/aromatic N) is 1. The molecule has 2 aliphatic rings. The number of carbonyl (C=O) groups is 2. The topological polar surface area (TPSA) is 111 Å². The van der Waals surface area contributed by atoms with Crippen molar-refractivity contribution < 1.29 is 19.4 Å². The average Bonchev–Trinajstić information content (AvgIpc) is 2.84. The van der Waals surface area contributed by atoms with Crippen LogP contribution in [0.1, 0.15) is 47.4 Å². The van der Waals surface area contributed by atoms with Crippen LogP contribution in [0.3, 0.4) is 0 Å². The lowest BCUT2D eigenvalue weighted by molar-refractivity contribution is -0.116. The van der Waals surface area contributed by atoms with Crippen molar-refractivity contribution in [1.29, 1.82) is 5.26 Å². The molecular formula is C28H29N3O4S. The Morgan fingerprint density at radius 2 is 1.94 bits per heavy atom. The lowest BCUT2D eigenvalue weighted by Gasteiger charge is -2.33. The van der Waals surface area contributed by atoms with Crippen molar-refractivity contribution in [2.75, 3.05) is 18.2 Å². The summed E-state index contributed by atoms with van der Waals surface area (Å²) in [6.07, 6.45) is 1.83. The van der Waals surface area contributed by atoms with Gasteiger partial charge in [0.05, 0.1) is 35.5 Å². The minimum atomic E-state index is -0.597. The normalized spacial score (nSPS) is 17.3. The van der Waals surface area contributed by atoms with Gasteiger partial charge in [0, 0.05) is 23.4 Å². The first-order chi connectivity index (χ1) is 17.2. The highest BCUT2D eigenvalue weighted by Gasteiger charge is 2.37. The molecule has 0 fully saturated rings. The summed E-state index contributed by atoms with van der Waals surface area (Å²) in [7, 11) is 1.45. The first kappa shape index (κ1) is 25.4. The van der Waals surface area contributed by atoms with E-state index in [1.165, 1.54) is 24.9 Å². The van der Waals surface area contributed by atoms with Gasteiger partial charge in [-0.2, -0.15) is 5.26 Å². The van der Waals surface area contributed by atoms with E-state index in [1.807, 2.05) is 32.9 Å². The molecule has 3 N–H and O–H groups in total. The minimum Gasteiger partial charge on any atom is -0.504 e. The Bertz CT molecular complexity index is 1330. The van der Waals surface area contributed by atoms with E-state index in [2.05, 4.69) is 16.7 Å². The number of carbonyl (C=O) groups excluding carboxylic acids is 2. The number of nitriles is 1. The van der Waals surface area contributed by atoms with Crippen LogP contribution in [0.25, 0.3) is 0 Å². The molecule has 4 rings (SSSR count). The number of benzene rings is 2. The van der Waals surface area contributed by atoms with Gasteiger partial charge < -0.3 is 20.5 Å². The van der Waals surface area contributed by atoms with E-state index < -0.39 is 5.92 Å². The molecule has 36 heavy (non-hydrogen) atoms. The number of amides is 1.